The fourth-order valence-electron chi connectivity index (χ4n) is 5.09. The molecule has 2 aromatic rings. The van der Waals surface area contributed by atoms with Crippen molar-refractivity contribution in [2.75, 3.05) is 13.2 Å². The van der Waals surface area contributed by atoms with Gasteiger partial charge in [-0.05, 0) is 30.1 Å². The highest BCUT2D eigenvalue weighted by molar-refractivity contribution is 6.92. The zero-order valence-electron chi connectivity index (χ0n) is 24.7. The fourth-order valence-corrected chi connectivity index (χ4v) is 8.26. The van der Waals surface area contributed by atoms with Crippen LogP contribution in [0.2, 0.25) is 0 Å². The van der Waals surface area contributed by atoms with Crippen molar-refractivity contribution in [1.82, 2.24) is 0 Å². The van der Waals surface area contributed by atoms with Crippen LogP contribution in [0.5, 0.6) is 0 Å². The van der Waals surface area contributed by atoms with E-state index in [-0.39, 0.29) is 0 Å². The van der Waals surface area contributed by atoms with Gasteiger partial charge in [-0.25, -0.2) is 0 Å². The molecule has 0 aliphatic carbocycles. The summed E-state index contributed by atoms with van der Waals surface area (Å²) in [5, 5.41) is 2.37. The van der Waals surface area contributed by atoms with E-state index in [0.29, 0.717) is 6.61 Å². The maximum Gasteiger partial charge on any atom is 0.407 e. The molecule has 0 aliphatic heterocycles. The molecule has 0 atom stereocenters. The monoisotopic (exact) mass is 536 g/mol. The lowest BCUT2D eigenvalue weighted by atomic mass is 10.0. The first-order valence-electron chi connectivity index (χ1n) is 15.7. The van der Waals surface area contributed by atoms with Gasteiger partial charge in [0.25, 0.3) is 0 Å². The molecule has 0 bridgehead atoms. The first kappa shape index (κ1) is 32.5. The van der Waals surface area contributed by atoms with Gasteiger partial charge >= 0.3 is 8.56 Å². The number of benzene rings is 2. The van der Waals surface area contributed by atoms with Crippen LogP contribution in [0, 0.1) is 0 Å². The van der Waals surface area contributed by atoms with Crippen molar-refractivity contribution in [2.45, 2.75) is 123 Å². The van der Waals surface area contributed by atoms with E-state index < -0.39 is 8.56 Å². The molecule has 38 heavy (non-hydrogen) atoms. The molecule has 0 N–H and O–H groups in total. The predicted molar refractivity (Wildman–Crippen MR) is 169 cm³/mol. The minimum absolute atomic E-state index is 0.643. The summed E-state index contributed by atoms with van der Waals surface area (Å²) in [5.41, 5.74) is 1.15. The van der Waals surface area contributed by atoms with Gasteiger partial charge in [-0.3, -0.25) is 0 Å². The zero-order valence-corrected chi connectivity index (χ0v) is 25.7. The van der Waals surface area contributed by atoms with Crippen molar-refractivity contribution >= 4 is 18.9 Å². The smallest absolute Gasteiger partial charge is 0.388 e. The Bertz CT molecular complexity index is 781. The molecule has 0 saturated carbocycles. The zero-order chi connectivity index (χ0) is 27.2. The molecule has 0 amide bonds. The van der Waals surface area contributed by atoms with Crippen LogP contribution in [-0.2, 0) is 8.85 Å². The van der Waals surface area contributed by atoms with Gasteiger partial charge in [0.15, 0.2) is 0 Å². The Labute approximate surface area is 236 Å². The highest BCUT2D eigenvalue weighted by Gasteiger charge is 2.42. The number of unbranched alkanes of at least 4 members (excludes halogenated alkanes) is 15. The first-order valence-corrected chi connectivity index (χ1v) is 17.5. The lowest BCUT2D eigenvalue weighted by Gasteiger charge is -2.31. The van der Waals surface area contributed by atoms with Crippen LogP contribution in [0.3, 0.4) is 0 Å². The Morgan fingerprint density at radius 3 is 1.32 bits per heavy atom. The van der Waals surface area contributed by atoms with Gasteiger partial charge in [0.1, 0.15) is 0 Å². The van der Waals surface area contributed by atoms with Crippen LogP contribution in [0.25, 0.3) is 0 Å². The minimum Gasteiger partial charge on any atom is -0.388 e. The molecule has 0 saturated heterocycles. The van der Waals surface area contributed by atoms with Gasteiger partial charge in [-0.15, -0.1) is 6.58 Å². The molecule has 0 radical (unpaired) electrons. The highest BCUT2D eigenvalue weighted by atomic mass is 28.4. The SMILES string of the molecule is C=C(C)CCO[Si](OCCCCCCCCCCCCCCCCCC)(c1ccccc1)c1ccccc1. The van der Waals surface area contributed by atoms with Crippen molar-refractivity contribution in [2.24, 2.45) is 0 Å². The fraction of sp³-hybridized carbons (Fsp3) is 0.600. The Hall–Kier alpha value is -1.68. The minimum atomic E-state index is -2.76. The van der Waals surface area contributed by atoms with E-state index in [9.17, 15) is 0 Å². The first-order chi connectivity index (χ1) is 18.7. The summed E-state index contributed by atoms with van der Waals surface area (Å²) in [6.07, 6.45) is 22.9. The standard InChI is InChI=1S/C35H56O2Si/c1-4-5-6-7-8-9-10-11-12-13-14-15-16-17-18-25-31-36-38(37-32-30-33(2)3,34-26-21-19-22-27-34)35-28-23-20-24-29-35/h19-24,26-29H,2,4-18,25,30-32H2,1,3H3. The lowest BCUT2D eigenvalue weighted by Crippen LogP contribution is -2.63. The predicted octanol–water partition coefficient (Wildman–Crippen LogP) is 9.50. The van der Waals surface area contributed by atoms with Crippen LogP contribution < -0.4 is 10.4 Å². The molecule has 3 heteroatoms. The van der Waals surface area contributed by atoms with Gasteiger partial charge in [-0.1, -0.05) is 169 Å². The van der Waals surface area contributed by atoms with Crippen LogP contribution in [-0.4, -0.2) is 21.8 Å². The van der Waals surface area contributed by atoms with Gasteiger partial charge in [0.05, 0.1) is 0 Å². The van der Waals surface area contributed by atoms with Gasteiger partial charge < -0.3 is 8.85 Å². The van der Waals surface area contributed by atoms with E-state index in [2.05, 4.69) is 81.1 Å². The second-order valence-electron chi connectivity index (χ2n) is 11.1. The molecule has 0 aromatic heterocycles. The second kappa shape index (κ2) is 21.2. The van der Waals surface area contributed by atoms with Crippen LogP contribution in [0.1, 0.15) is 123 Å². The summed E-state index contributed by atoms with van der Waals surface area (Å²) in [6, 6.07) is 21.2. The van der Waals surface area contributed by atoms with Crippen LogP contribution in [0.15, 0.2) is 72.8 Å². The number of rotatable bonds is 24. The Kier molecular flexibility index (Phi) is 18.1. The van der Waals surface area contributed by atoms with Gasteiger partial charge in [0.2, 0.25) is 0 Å². The molecule has 2 aromatic carbocycles. The number of hydrogen-bond donors (Lipinski definition) is 0. The van der Waals surface area contributed by atoms with E-state index in [1.54, 1.807) is 0 Å². The van der Waals surface area contributed by atoms with Gasteiger partial charge in [0, 0.05) is 13.2 Å². The Morgan fingerprint density at radius 2 is 0.921 bits per heavy atom. The van der Waals surface area contributed by atoms with E-state index >= 15 is 0 Å². The summed E-state index contributed by atoms with van der Waals surface area (Å²) in [4.78, 5) is 0. The Morgan fingerprint density at radius 1 is 0.553 bits per heavy atom. The van der Waals surface area contributed by atoms with Gasteiger partial charge in [-0.2, -0.15) is 0 Å². The summed E-state index contributed by atoms with van der Waals surface area (Å²) in [7, 11) is -2.76. The van der Waals surface area contributed by atoms with Crippen molar-refractivity contribution in [3.63, 3.8) is 0 Å². The third kappa shape index (κ3) is 13.4. The Balaban J connectivity index is 1.67. The molecule has 0 aliphatic rings. The normalized spacial score (nSPS) is 11.6. The van der Waals surface area contributed by atoms with E-state index in [1.165, 1.54) is 107 Å². The third-order valence-corrected chi connectivity index (χ3v) is 10.9. The third-order valence-electron chi connectivity index (χ3n) is 7.45. The van der Waals surface area contributed by atoms with E-state index in [1.807, 2.05) is 0 Å². The maximum absolute atomic E-state index is 6.79. The number of hydrogen-bond acceptors (Lipinski definition) is 2. The summed E-state index contributed by atoms with van der Waals surface area (Å²) in [5.74, 6) is 0. The van der Waals surface area contributed by atoms with Crippen molar-refractivity contribution in [3.05, 3.63) is 72.8 Å². The van der Waals surface area contributed by atoms with Crippen molar-refractivity contribution in [1.29, 1.82) is 0 Å². The highest BCUT2D eigenvalue weighted by Crippen LogP contribution is 2.16. The van der Waals surface area contributed by atoms with Crippen LogP contribution in [0.4, 0.5) is 0 Å². The summed E-state index contributed by atoms with van der Waals surface area (Å²) in [6.45, 7) is 9.82. The lowest BCUT2D eigenvalue weighted by molar-refractivity contribution is 0.189. The maximum atomic E-state index is 6.79. The molecule has 0 heterocycles. The average Bonchev–Trinajstić information content (AvgIpc) is 2.94. The van der Waals surface area contributed by atoms with E-state index in [4.69, 9.17) is 8.85 Å². The van der Waals surface area contributed by atoms with Crippen molar-refractivity contribution in [3.8, 4) is 0 Å². The quantitative estimate of drug-likeness (QED) is 0.0755. The van der Waals surface area contributed by atoms with Crippen molar-refractivity contribution < 1.29 is 8.85 Å². The molecular formula is C35H56O2Si. The molecule has 2 rings (SSSR count). The summed E-state index contributed by atoms with van der Waals surface area (Å²) < 4.78 is 13.5. The summed E-state index contributed by atoms with van der Waals surface area (Å²) >= 11 is 0. The topological polar surface area (TPSA) is 18.5 Å². The molecule has 212 valence electrons. The molecule has 0 unspecified atom stereocenters. The van der Waals surface area contributed by atoms with E-state index in [0.717, 1.165) is 25.0 Å². The average molecular weight is 537 g/mol. The molecule has 2 nitrogen and oxygen atoms in total. The second-order valence-corrected chi connectivity index (χ2v) is 14.0. The molecule has 0 fully saturated rings. The molecule has 0 spiro atoms. The largest absolute Gasteiger partial charge is 0.407 e. The van der Waals surface area contributed by atoms with Crippen LogP contribution >= 0.6 is 0 Å². The molecular weight excluding hydrogens is 480 g/mol.